The Morgan fingerprint density at radius 1 is 1.33 bits per heavy atom. The molecule has 1 aliphatic carbocycles. The van der Waals surface area contributed by atoms with Crippen molar-refractivity contribution in [3.63, 3.8) is 0 Å². The third-order valence-corrected chi connectivity index (χ3v) is 4.93. The third-order valence-electron chi connectivity index (χ3n) is 3.75. The number of ether oxygens (including phenoxy) is 1. The number of fused-ring (bicyclic) bond motifs is 1. The summed E-state index contributed by atoms with van der Waals surface area (Å²) in [6.07, 6.45) is 5.97. The van der Waals surface area contributed by atoms with Crippen LogP contribution in [-0.2, 0) is 6.42 Å². The van der Waals surface area contributed by atoms with Gasteiger partial charge in [-0.1, -0.05) is 26.7 Å². The van der Waals surface area contributed by atoms with Crippen LogP contribution in [0.2, 0.25) is 0 Å². The average molecular weight is 305 g/mol. The summed E-state index contributed by atoms with van der Waals surface area (Å²) in [4.78, 5) is 11.5. The maximum absolute atomic E-state index is 5.96. The highest BCUT2D eigenvalue weighted by Crippen LogP contribution is 2.34. The first kappa shape index (κ1) is 14.6. The standard InChI is InChI=1S/C16H23N3OS/c1-3-8-17-16-18-14(20-9-7-11-5-6-11)13-10-12(4-2)21-15(13)19-16/h10-11H,3-9H2,1-2H3,(H,17,18,19). The monoisotopic (exact) mass is 305 g/mol. The fourth-order valence-corrected chi connectivity index (χ4v) is 3.23. The van der Waals surface area contributed by atoms with Gasteiger partial charge in [0.05, 0.1) is 12.0 Å². The maximum atomic E-state index is 5.96. The molecule has 0 amide bonds. The highest BCUT2D eigenvalue weighted by Gasteiger charge is 2.21. The summed E-state index contributed by atoms with van der Waals surface area (Å²) in [6.45, 7) is 5.96. The molecule has 0 aliphatic heterocycles. The number of aryl methyl sites for hydroxylation is 1. The van der Waals surface area contributed by atoms with Crippen LogP contribution >= 0.6 is 11.3 Å². The first-order valence-electron chi connectivity index (χ1n) is 7.97. The van der Waals surface area contributed by atoms with Gasteiger partial charge in [0.2, 0.25) is 11.8 Å². The van der Waals surface area contributed by atoms with Crippen molar-refractivity contribution in [3.8, 4) is 5.88 Å². The number of hydrogen-bond acceptors (Lipinski definition) is 5. The summed E-state index contributed by atoms with van der Waals surface area (Å²) in [7, 11) is 0. The second-order valence-electron chi connectivity index (χ2n) is 5.64. The summed E-state index contributed by atoms with van der Waals surface area (Å²) in [6, 6.07) is 2.18. The fourth-order valence-electron chi connectivity index (χ4n) is 2.27. The predicted molar refractivity (Wildman–Crippen MR) is 88.4 cm³/mol. The van der Waals surface area contributed by atoms with E-state index in [4.69, 9.17) is 4.74 Å². The van der Waals surface area contributed by atoms with Gasteiger partial charge in [-0.2, -0.15) is 4.98 Å². The van der Waals surface area contributed by atoms with Crippen molar-refractivity contribution >= 4 is 27.5 Å². The Morgan fingerprint density at radius 2 is 2.19 bits per heavy atom. The van der Waals surface area contributed by atoms with Crippen LogP contribution < -0.4 is 10.1 Å². The summed E-state index contributed by atoms with van der Waals surface area (Å²) in [5.74, 6) is 2.32. The van der Waals surface area contributed by atoms with Crippen LogP contribution in [0.15, 0.2) is 6.07 Å². The summed E-state index contributed by atoms with van der Waals surface area (Å²) in [5.41, 5.74) is 0. The second kappa shape index (κ2) is 6.60. The first-order chi connectivity index (χ1) is 10.3. The molecule has 4 nitrogen and oxygen atoms in total. The van der Waals surface area contributed by atoms with Crippen molar-refractivity contribution in [2.75, 3.05) is 18.5 Å². The van der Waals surface area contributed by atoms with Gasteiger partial charge in [-0.15, -0.1) is 11.3 Å². The predicted octanol–water partition coefficient (Wildman–Crippen LogP) is 4.25. The van der Waals surface area contributed by atoms with Crippen molar-refractivity contribution in [2.45, 2.75) is 46.0 Å². The molecule has 1 N–H and O–H groups in total. The van der Waals surface area contributed by atoms with Gasteiger partial charge in [0.15, 0.2) is 0 Å². The van der Waals surface area contributed by atoms with Crippen molar-refractivity contribution in [1.82, 2.24) is 9.97 Å². The lowest BCUT2D eigenvalue weighted by Crippen LogP contribution is -2.07. The van der Waals surface area contributed by atoms with Crippen molar-refractivity contribution < 1.29 is 4.74 Å². The molecule has 3 rings (SSSR count). The van der Waals surface area contributed by atoms with E-state index in [0.29, 0.717) is 5.95 Å². The van der Waals surface area contributed by atoms with Gasteiger partial charge in [0.1, 0.15) is 4.83 Å². The van der Waals surface area contributed by atoms with Crippen LogP contribution in [0.5, 0.6) is 5.88 Å². The van der Waals surface area contributed by atoms with E-state index in [1.54, 1.807) is 11.3 Å². The molecule has 0 bridgehead atoms. The Labute approximate surface area is 129 Å². The molecule has 5 heteroatoms. The number of nitrogens with zero attached hydrogens (tertiary/aromatic N) is 2. The van der Waals surface area contributed by atoms with Crippen molar-refractivity contribution in [2.24, 2.45) is 5.92 Å². The van der Waals surface area contributed by atoms with Gasteiger partial charge in [-0.25, -0.2) is 4.98 Å². The van der Waals surface area contributed by atoms with Crippen LogP contribution in [-0.4, -0.2) is 23.1 Å². The van der Waals surface area contributed by atoms with E-state index in [0.717, 1.165) is 54.4 Å². The minimum absolute atomic E-state index is 0.690. The molecular formula is C16H23N3OS. The van der Waals surface area contributed by atoms with Gasteiger partial charge in [-0.3, -0.25) is 0 Å². The van der Waals surface area contributed by atoms with E-state index in [9.17, 15) is 0 Å². The fraction of sp³-hybridized carbons (Fsp3) is 0.625. The van der Waals surface area contributed by atoms with Crippen LogP contribution in [0.4, 0.5) is 5.95 Å². The number of anilines is 1. The molecule has 1 aliphatic rings. The Bertz CT molecular complexity index is 607. The maximum Gasteiger partial charge on any atom is 0.227 e. The van der Waals surface area contributed by atoms with E-state index >= 15 is 0 Å². The zero-order valence-electron chi connectivity index (χ0n) is 12.8. The lowest BCUT2D eigenvalue weighted by molar-refractivity contribution is 0.295. The lowest BCUT2D eigenvalue weighted by Gasteiger charge is -2.08. The molecule has 0 atom stereocenters. The minimum Gasteiger partial charge on any atom is -0.477 e. The molecule has 0 spiro atoms. The minimum atomic E-state index is 0.690. The number of hydrogen-bond donors (Lipinski definition) is 1. The number of nitrogens with one attached hydrogen (secondary N) is 1. The van der Waals surface area contributed by atoms with Gasteiger partial charge >= 0.3 is 0 Å². The molecular weight excluding hydrogens is 282 g/mol. The highest BCUT2D eigenvalue weighted by molar-refractivity contribution is 7.18. The molecule has 1 fully saturated rings. The number of thiophene rings is 1. The Morgan fingerprint density at radius 3 is 2.90 bits per heavy atom. The van der Waals surface area contributed by atoms with Crippen molar-refractivity contribution in [1.29, 1.82) is 0 Å². The van der Waals surface area contributed by atoms with E-state index in [-0.39, 0.29) is 0 Å². The molecule has 114 valence electrons. The van der Waals surface area contributed by atoms with Gasteiger partial charge in [-0.05, 0) is 31.2 Å². The Hall–Kier alpha value is -1.36. The van der Waals surface area contributed by atoms with Gasteiger partial charge in [0.25, 0.3) is 0 Å². The highest BCUT2D eigenvalue weighted by atomic mass is 32.1. The van der Waals surface area contributed by atoms with Crippen LogP contribution in [0.1, 0.15) is 44.4 Å². The Balaban J connectivity index is 1.82. The zero-order valence-corrected chi connectivity index (χ0v) is 13.6. The molecule has 0 radical (unpaired) electrons. The van der Waals surface area contributed by atoms with E-state index in [1.165, 1.54) is 17.7 Å². The molecule has 21 heavy (non-hydrogen) atoms. The quantitative estimate of drug-likeness (QED) is 0.792. The Kier molecular flexibility index (Phi) is 4.58. The van der Waals surface area contributed by atoms with E-state index in [2.05, 4.69) is 35.2 Å². The van der Waals surface area contributed by atoms with E-state index in [1.807, 2.05) is 0 Å². The molecule has 2 aromatic rings. The second-order valence-corrected chi connectivity index (χ2v) is 6.76. The summed E-state index contributed by atoms with van der Waals surface area (Å²) >= 11 is 1.74. The molecule has 0 saturated heterocycles. The van der Waals surface area contributed by atoms with Crippen LogP contribution in [0.25, 0.3) is 10.2 Å². The van der Waals surface area contributed by atoms with Gasteiger partial charge < -0.3 is 10.1 Å². The van der Waals surface area contributed by atoms with Crippen LogP contribution in [0.3, 0.4) is 0 Å². The summed E-state index contributed by atoms with van der Waals surface area (Å²) < 4.78 is 5.96. The topological polar surface area (TPSA) is 47.0 Å². The summed E-state index contributed by atoms with van der Waals surface area (Å²) in [5, 5.41) is 4.33. The number of rotatable bonds is 8. The normalized spacial score (nSPS) is 14.6. The molecule has 2 heterocycles. The van der Waals surface area contributed by atoms with Crippen LogP contribution in [0, 0.1) is 5.92 Å². The smallest absolute Gasteiger partial charge is 0.227 e. The average Bonchev–Trinajstić information content (AvgIpc) is 3.22. The van der Waals surface area contributed by atoms with Crippen molar-refractivity contribution in [3.05, 3.63) is 10.9 Å². The van der Waals surface area contributed by atoms with Gasteiger partial charge in [0, 0.05) is 11.4 Å². The molecule has 1 saturated carbocycles. The third kappa shape index (κ3) is 3.64. The molecule has 0 unspecified atom stereocenters. The first-order valence-corrected chi connectivity index (χ1v) is 8.79. The zero-order chi connectivity index (χ0) is 14.7. The number of aromatic nitrogens is 2. The largest absolute Gasteiger partial charge is 0.477 e. The SMILES string of the molecule is CCCNc1nc(OCCC2CC2)c2cc(CC)sc2n1. The van der Waals surface area contributed by atoms with E-state index < -0.39 is 0 Å². The lowest BCUT2D eigenvalue weighted by atomic mass is 10.3. The molecule has 2 aromatic heterocycles. The molecule has 0 aromatic carbocycles.